The first-order valence-electron chi connectivity index (χ1n) is 15.2. The molecule has 0 atom stereocenters. The topological polar surface area (TPSA) is 120 Å². The van der Waals surface area contributed by atoms with Crippen molar-refractivity contribution >= 4 is 75.0 Å². The van der Waals surface area contributed by atoms with Gasteiger partial charge in [0.05, 0.1) is 28.3 Å². The Bertz CT molecular complexity index is 1810. The fourth-order valence-corrected chi connectivity index (χ4v) is 7.43. The Morgan fingerprint density at radius 3 is 2.63 bits per heavy atom. The molecule has 6 rings (SSSR count). The average Bonchev–Trinajstić information content (AvgIpc) is 3.29. The monoisotopic (exact) mass is 701 g/mol. The van der Waals surface area contributed by atoms with E-state index < -0.39 is 7.92 Å². The molecule has 238 valence electrons. The lowest BCUT2D eigenvalue weighted by Crippen LogP contribution is -2.47. The summed E-state index contributed by atoms with van der Waals surface area (Å²) in [7, 11) is 1.19. The lowest BCUT2D eigenvalue weighted by Gasteiger charge is -2.38. The standard InChI is InChI=1S/C33H37BrN9O2P/c1-5-21-18-26(28(45-2)19-27(21)42-16-10-22(11-17-42)43-15-7-6-12-37-33(43)44)40-32-38-20-23(34)31(41-32)39-25-9-8-24-29(30(25)46(3)4)36-14-13-35-24/h6-9,12-15,18-20,22H,5,10-11,16-17H2,1-4H3,(H,37,44)(H2,38,39,40,41). The number of rotatable bonds is 9. The molecular weight excluding hydrogens is 665 g/mol. The number of urea groups is 1. The molecule has 4 aromatic rings. The van der Waals surface area contributed by atoms with Crippen molar-refractivity contribution < 1.29 is 9.53 Å². The number of ether oxygens (including phenoxy) is 1. The molecular formula is C33H37BrN9O2P. The van der Waals surface area contributed by atoms with E-state index in [4.69, 9.17) is 9.72 Å². The van der Waals surface area contributed by atoms with Gasteiger partial charge in [-0.3, -0.25) is 14.9 Å². The first kappa shape index (κ1) is 31.7. The Hall–Kier alpha value is -4.28. The molecule has 11 nitrogen and oxygen atoms in total. The van der Waals surface area contributed by atoms with Gasteiger partial charge >= 0.3 is 6.03 Å². The van der Waals surface area contributed by atoms with E-state index in [0.717, 1.165) is 70.2 Å². The summed E-state index contributed by atoms with van der Waals surface area (Å²) in [6, 6.07) is 8.29. The van der Waals surface area contributed by atoms with Gasteiger partial charge in [-0.2, -0.15) is 4.98 Å². The number of nitrogens with one attached hydrogen (secondary N) is 3. The number of carbonyl (C=O) groups excluding carboxylic acids is 1. The lowest BCUT2D eigenvalue weighted by molar-refractivity contribution is 0.194. The summed E-state index contributed by atoms with van der Waals surface area (Å²) in [5.41, 5.74) is 5.83. The molecule has 0 radical (unpaired) electrons. The Labute approximate surface area is 278 Å². The quantitative estimate of drug-likeness (QED) is 0.165. The second kappa shape index (κ2) is 14.0. The number of fused-ring (bicyclic) bond motifs is 1. The maximum atomic E-state index is 12.5. The van der Waals surface area contributed by atoms with Crippen LogP contribution in [0.3, 0.4) is 0 Å². The molecule has 3 N–H and O–H groups in total. The van der Waals surface area contributed by atoms with Gasteiger partial charge in [0.1, 0.15) is 11.6 Å². The number of piperidine rings is 1. The maximum absolute atomic E-state index is 12.5. The van der Waals surface area contributed by atoms with Crippen LogP contribution >= 0.6 is 23.9 Å². The highest BCUT2D eigenvalue weighted by Gasteiger charge is 2.28. The largest absolute Gasteiger partial charge is 0.494 e. The summed E-state index contributed by atoms with van der Waals surface area (Å²) in [6.45, 7) is 8.24. The van der Waals surface area contributed by atoms with E-state index in [0.29, 0.717) is 17.5 Å². The summed E-state index contributed by atoms with van der Waals surface area (Å²) in [4.78, 5) is 35.2. The Morgan fingerprint density at radius 1 is 1.07 bits per heavy atom. The van der Waals surface area contributed by atoms with E-state index in [2.05, 4.69) is 84.1 Å². The molecule has 0 spiro atoms. The van der Waals surface area contributed by atoms with Gasteiger partial charge in [0, 0.05) is 72.9 Å². The molecule has 0 bridgehead atoms. The number of carbonyl (C=O) groups is 1. The number of amides is 2. The minimum Gasteiger partial charge on any atom is -0.494 e. The Morgan fingerprint density at radius 2 is 1.87 bits per heavy atom. The molecule has 2 aliphatic rings. The Kier molecular flexibility index (Phi) is 9.65. The van der Waals surface area contributed by atoms with Gasteiger partial charge in [-0.1, -0.05) is 14.8 Å². The summed E-state index contributed by atoms with van der Waals surface area (Å²) in [5, 5.41) is 10.9. The van der Waals surface area contributed by atoms with Gasteiger partial charge in [0.25, 0.3) is 0 Å². The number of methoxy groups -OCH3 is 1. The van der Waals surface area contributed by atoms with Crippen molar-refractivity contribution in [1.82, 2.24) is 30.2 Å². The SMILES string of the molecule is CCc1cc(Nc2ncc(Br)c(Nc3ccc4nccnc4c3P(C)C)n2)c(OC)cc1N1CCC(N2C=CC=CNC2=O)CC1. The molecule has 2 amide bonds. The van der Waals surface area contributed by atoms with Crippen molar-refractivity contribution in [3.05, 3.63) is 77.4 Å². The van der Waals surface area contributed by atoms with Crippen molar-refractivity contribution in [2.45, 2.75) is 32.2 Å². The summed E-state index contributed by atoms with van der Waals surface area (Å²) >= 11 is 3.63. The molecule has 1 saturated heterocycles. The number of hydrogen-bond acceptors (Lipinski definition) is 9. The van der Waals surface area contributed by atoms with E-state index in [1.165, 1.54) is 5.56 Å². The zero-order valence-corrected chi connectivity index (χ0v) is 28.8. The van der Waals surface area contributed by atoms with E-state index in [9.17, 15) is 4.79 Å². The lowest BCUT2D eigenvalue weighted by atomic mass is 10.0. The number of aromatic nitrogens is 4. The van der Waals surface area contributed by atoms with E-state index in [1.54, 1.807) is 31.9 Å². The molecule has 2 aliphatic heterocycles. The van der Waals surface area contributed by atoms with Crippen molar-refractivity contribution in [3.8, 4) is 5.75 Å². The minimum absolute atomic E-state index is 0.0869. The molecule has 13 heteroatoms. The number of anilines is 5. The molecule has 0 unspecified atom stereocenters. The third kappa shape index (κ3) is 6.64. The predicted octanol–water partition coefficient (Wildman–Crippen LogP) is 6.63. The van der Waals surface area contributed by atoms with E-state index >= 15 is 0 Å². The summed E-state index contributed by atoms with van der Waals surface area (Å²) in [5.74, 6) is 1.78. The summed E-state index contributed by atoms with van der Waals surface area (Å²) in [6.07, 6.45) is 15.0. The first-order valence-corrected chi connectivity index (χ1v) is 18.2. The van der Waals surface area contributed by atoms with Crippen LogP contribution in [0.2, 0.25) is 0 Å². The van der Waals surface area contributed by atoms with E-state index in [1.807, 2.05) is 35.4 Å². The molecule has 4 heterocycles. The van der Waals surface area contributed by atoms with Gasteiger partial charge in [-0.25, -0.2) is 9.78 Å². The minimum atomic E-state index is -0.485. The smallest absolute Gasteiger partial charge is 0.325 e. The van der Waals surface area contributed by atoms with Crippen LogP contribution in [0.25, 0.3) is 11.0 Å². The van der Waals surface area contributed by atoms with Gasteiger partial charge in [-0.15, -0.1) is 0 Å². The zero-order valence-electron chi connectivity index (χ0n) is 26.3. The Balaban J connectivity index is 1.22. The van der Waals surface area contributed by atoms with Crippen LogP contribution in [-0.2, 0) is 6.42 Å². The number of benzene rings is 2. The maximum Gasteiger partial charge on any atom is 0.325 e. The highest BCUT2D eigenvalue weighted by atomic mass is 79.9. The van der Waals surface area contributed by atoms with Crippen LogP contribution in [0, 0.1) is 0 Å². The predicted molar refractivity (Wildman–Crippen MR) is 190 cm³/mol. The number of halogens is 1. The van der Waals surface area contributed by atoms with Crippen LogP contribution in [0.4, 0.5) is 33.6 Å². The molecule has 2 aromatic heterocycles. The van der Waals surface area contributed by atoms with Crippen molar-refractivity contribution in [1.29, 1.82) is 0 Å². The first-order chi connectivity index (χ1) is 22.4. The third-order valence-corrected chi connectivity index (χ3v) is 10.1. The highest BCUT2D eigenvalue weighted by Crippen LogP contribution is 2.38. The van der Waals surface area contributed by atoms with Crippen molar-refractivity contribution in [2.75, 3.05) is 49.1 Å². The van der Waals surface area contributed by atoms with Crippen LogP contribution in [-0.4, -0.2) is 70.4 Å². The second-order valence-electron chi connectivity index (χ2n) is 11.2. The average molecular weight is 703 g/mol. The second-order valence-corrected chi connectivity index (χ2v) is 14.3. The molecule has 1 fully saturated rings. The molecule has 0 aliphatic carbocycles. The number of hydrogen-bond donors (Lipinski definition) is 3. The fourth-order valence-electron chi connectivity index (χ4n) is 5.93. The third-order valence-electron chi connectivity index (χ3n) is 8.18. The van der Waals surface area contributed by atoms with E-state index in [-0.39, 0.29) is 12.1 Å². The van der Waals surface area contributed by atoms with Crippen molar-refractivity contribution in [2.24, 2.45) is 0 Å². The molecule has 46 heavy (non-hydrogen) atoms. The normalized spacial score (nSPS) is 15.3. The van der Waals surface area contributed by atoms with Crippen LogP contribution in [0.5, 0.6) is 5.75 Å². The number of allylic oxidation sites excluding steroid dienone is 2. The highest BCUT2D eigenvalue weighted by molar-refractivity contribution is 9.10. The summed E-state index contributed by atoms with van der Waals surface area (Å²) < 4.78 is 6.61. The number of aryl methyl sites for hydroxylation is 1. The zero-order chi connectivity index (χ0) is 32.2. The molecule has 2 aromatic carbocycles. The van der Waals surface area contributed by atoms with Gasteiger partial charge in [-0.05, 0) is 84.4 Å². The number of nitrogens with zero attached hydrogens (tertiary/aromatic N) is 6. The van der Waals surface area contributed by atoms with Gasteiger partial charge in [0.15, 0.2) is 0 Å². The van der Waals surface area contributed by atoms with Gasteiger partial charge < -0.3 is 25.6 Å². The fraction of sp³-hybridized carbons (Fsp3) is 0.303. The van der Waals surface area contributed by atoms with Crippen LogP contribution < -0.4 is 30.9 Å². The molecule has 0 saturated carbocycles. The van der Waals surface area contributed by atoms with Crippen molar-refractivity contribution in [3.63, 3.8) is 0 Å². The van der Waals surface area contributed by atoms with Gasteiger partial charge in [0.2, 0.25) is 5.95 Å². The van der Waals surface area contributed by atoms with Crippen LogP contribution in [0.1, 0.15) is 25.3 Å². The van der Waals surface area contributed by atoms with Crippen LogP contribution in [0.15, 0.2) is 71.9 Å².